The third-order valence-electron chi connectivity index (χ3n) is 5.59. The summed E-state index contributed by atoms with van der Waals surface area (Å²) in [6.45, 7) is 5.25. The summed E-state index contributed by atoms with van der Waals surface area (Å²) in [7, 11) is 0. The number of aromatic amines is 1. The quantitative estimate of drug-likeness (QED) is 0.898. The standard InChI is InChI=1S/C19H26N4O/c20-8-2-9-22-10-6-15(7-11-22)23-12-5-14-13-21-19(24)16-3-1-4-17(23)18(14)16/h1,3-4,13,15H,2,5-12,20H2,(H,21,24). The van der Waals surface area contributed by atoms with E-state index in [2.05, 4.69) is 20.9 Å². The molecular weight excluding hydrogens is 300 g/mol. The molecule has 5 nitrogen and oxygen atoms in total. The van der Waals surface area contributed by atoms with E-state index >= 15 is 0 Å². The summed E-state index contributed by atoms with van der Waals surface area (Å²) >= 11 is 0. The van der Waals surface area contributed by atoms with Crippen molar-refractivity contribution in [2.45, 2.75) is 31.7 Å². The van der Waals surface area contributed by atoms with Gasteiger partial charge in [0.25, 0.3) is 5.56 Å². The Bertz CT molecular complexity index is 777. The van der Waals surface area contributed by atoms with Gasteiger partial charge in [0.15, 0.2) is 0 Å². The van der Waals surface area contributed by atoms with E-state index in [4.69, 9.17) is 5.73 Å². The summed E-state index contributed by atoms with van der Waals surface area (Å²) in [6.07, 6.45) is 6.39. The van der Waals surface area contributed by atoms with Gasteiger partial charge in [0.05, 0.1) is 0 Å². The molecule has 2 aliphatic heterocycles. The molecule has 2 aliphatic rings. The predicted molar refractivity (Wildman–Crippen MR) is 98.8 cm³/mol. The Balaban J connectivity index is 1.59. The van der Waals surface area contributed by atoms with Crippen molar-refractivity contribution < 1.29 is 0 Å². The fourth-order valence-electron chi connectivity index (χ4n) is 4.32. The molecule has 0 radical (unpaired) electrons. The monoisotopic (exact) mass is 326 g/mol. The van der Waals surface area contributed by atoms with Gasteiger partial charge in [-0.3, -0.25) is 4.79 Å². The van der Waals surface area contributed by atoms with Gasteiger partial charge in [0.2, 0.25) is 0 Å². The molecule has 1 aromatic heterocycles. The average Bonchev–Trinajstić information content (AvgIpc) is 2.63. The number of hydrogen-bond acceptors (Lipinski definition) is 4. The SMILES string of the molecule is NCCCN1CCC(N2CCc3c[nH]c(=O)c4cccc2c34)CC1. The zero-order valence-electron chi connectivity index (χ0n) is 14.1. The summed E-state index contributed by atoms with van der Waals surface area (Å²) < 4.78 is 0. The Morgan fingerprint density at radius 2 is 2.04 bits per heavy atom. The van der Waals surface area contributed by atoms with Crippen LogP contribution in [0.15, 0.2) is 29.2 Å². The molecule has 128 valence electrons. The maximum Gasteiger partial charge on any atom is 0.255 e. The zero-order valence-corrected chi connectivity index (χ0v) is 14.1. The van der Waals surface area contributed by atoms with Gasteiger partial charge in [0.1, 0.15) is 0 Å². The Kier molecular flexibility index (Phi) is 4.29. The number of H-pyrrole nitrogens is 1. The van der Waals surface area contributed by atoms with Gasteiger partial charge < -0.3 is 20.5 Å². The van der Waals surface area contributed by atoms with Gasteiger partial charge in [0, 0.05) is 48.3 Å². The molecule has 0 aliphatic carbocycles. The smallest absolute Gasteiger partial charge is 0.255 e. The second-order valence-corrected chi connectivity index (χ2v) is 7.00. The van der Waals surface area contributed by atoms with Crippen molar-refractivity contribution in [3.8, 4) is 0 Å². The first-order valence-electron chi connectivity index (χ1n) is 9.10. The van der Waals surface area contributed by atoms with Crippen LogP contribution in [0.25, 0.3) is 10.8 Å². The lowest BCUT2D eigenvalue weighted by atomic mass is 9.94. The molecule has 2 aromatic rings. The highest BCUT2D eigenvalue weighted by Crippen LogP contribution is 2.35. The zero-order chi connectivity index (χ0) is 16.5. The van der Waals surface area contributed by atoms with E-state index in [0.29, 0.717) is 6.04 Å². The van der Waals surface area contributed by atoms with Gasteiger partial charge in [-0.1, -0.05) is 6.07 Å². The molecule has 0 unspecified atom stereocenters. The maximum absolute atomic E-state index is 12.2. The minimum atomic E-state index is 0.0223. The van der Waals surface area contributed by atoms with E-state index in [1.54, 1.807) is 0 Å². The second-order valence-electron chi connectivity index (χ2n) is 7.00. The van der Waals surface area contributed by atoms with E-state index in [1.165, 1.54) is 24.1 Å². The normalized spacial score (nSPS) is 19.1. The molecule has 1 fully saturated rings. The van der Waals surface area contributed by atoms with Crippen molar-refractivity contribution in [3.63, 3.8) is 0 Å². The summed E-state index contributed by atoms with van der Waals surface area (Å²) in [5.41, 5.74) is 8.17. The number of rotatable bonds is 4. The predicted octanol–water partition coefficient (Wildman–Crippen LogP) is 1.70. The largest absolute Gasteiger partial charge is 0.368 e. The number of anilines is 1. The molecule has 1 saturated heterocycles. The van der Waals surface area contributed by atoms with E-state index in [1.807, 2.05) is 18.3 Å². The van der Waals surface area contributed by atoms with Crippen LogP contribution in [-0.2, 0) is 6.42 Å². The third-order valence-corrected chi connectivity index (χ3v) is 5.59. The van der Waals surface area contributed by atoms with Crippen LogP contribution in [0.3, 0.4) is 0 Å². The fourth-order valence-corrected chi connectivity index (χ4v) is 4.32. The van der Waals surface area contributed by atoms with Gasteiger partial charge in [-0.05, 0) is 56.5 Å². The molecule has 4 rings (SSSR count). The van der Waals surface area contributed by atoms with E-state index in [9.17, 15) is 4.79 Å². The van der Waals surface area contributed by atoms with Gasteiger partial charge >= 0.3 is 0 Å². The van der Waals surface area contributed by atoms with Crippen LogP contribution >= 0.6 is 0 Å². The lowest BCUT2D eigenvalue weighted by Gasteiger charge is -2.42. The number of nitrogens with zero attached hydrogens (tertiary/aromatic N) is 2. The molecule has 0 atom stereocenters. The minimum absolute atomic E-state index is 0.0223. The fraction of sp³-hybridized carbons (Fsp3) is 0.526. The summed E-state index contributed by atoms with van der Waals surface area (Å²) in [4.78, 5) is 20.1. The first-order chi connectivity index (χ1) is 11.8. The first-order valence-corrected chi connectivity index (χ1v) is 9.10. The van der Waals surface area contributed by atoms with Gasteiger partial charge in [-0.25, -0.2) is 0 Å². The second kappa shape index (κ2) is 6.57. The number of hydrogen-bond donors (Lipinski definition) is 2. The van der Waals surface area contributed by atoms with E-state index < -0.39 is 0 Å². The van der Waals surface area contributed by atoms with Crippen LogP contribution in [0.4, 0.5) is 5.69 Å². The maximum atomic E-state index is 12.2. The van der Waals surface area contributed by atoms with Crippen molar-refractivity contribution >= 4 is 16.5 Å². The van der Waals surface area contributed by atoms with Crippen molar-refractivity contribution in [1.82, 2.24) is 9.88 Å². The van der Waals surface area contributed by atoms with Crippen molar-refractivity contribution in [2.24, 2.45) is 5.73 Å². The van der Waals surface area contributed by atoms with Crippen molar-refractivity contribution in [2.75, 3.05) is 37.6 Å². The molecule has 3 N–H and O–H groups in total. The van der Waals surface area contributed by atoms with Gasteiger partial charge in [-0.2, -0.15) is 0 Å². The van der Waals surface area contributed by atoms with Crippen LogP contribution in [0, 0.1) is 0 Å². The van der Waals surface area contributed by atoms with Crippen molar-refractivity contribution in [3.05, 3.63) is 40.3 Å². The highest BCUT2D eigenvalue weighted by atomic mass is 16.1. The van der Waals surface area contributed by atoms with Crippen LogP contribution < -0.4 is 16.2 Å². The molecule has 24 heavy (non-hydrogen) atoms. The number of nitrogens with two attached hydrogens (primary N) is 1. The lowest BCUT2D eigenvalue weighted by Crippen LogP contribution is -2.47. The van der Waals surface area contributed by atoms with Crippen LogP contribution in [0.5, 0.6) is 0 Å². The molecule has 5 heteroatoms. The summed E-state index contributed by atoms with van der Waals surface area (Å²) in [5.74, 6) is 0. The summed E-state index contributed by atoms with van der Waals surface area (Å²) in [6, 6.07) is 6.73. The molecule has 0 bridgehead atoms. The van der Waals surface area contributed by atoms with E-state index in [0.717, 1.165) is 56.3 Å². The number of nitrogens with one attached hydrogen (secondary N) is 1. The highest BCUT2D eigenvalue weighted by molar-refractivity contribution is 5.97. The molecule has 0 saturated carbocycles. The number of benzene rings is 1. The molecule has 0 amide bonds. The lowest BCUT2D eigenvalue weighted by molar-refractivity contribution is 0.208. The first kappa shape index (κ1) is 15.7. The Morgan fingerprint density at radius 3 is 2.83 bits per heavy atom. The topological polar surface area (TPSA) is 65.4 Å². The number of aromatic nitrogens is 1. The van der Waals surface area contributed by atoms with Gasteiger partial charge in [-0.15, -0.1) is 0 Å². The Morgan fingerprint density at radius 1 is 1.21 bits per heavy atom. The molecule has 3 heterocycles. The molecule has 0 spiro atoms. The average molecular weight is 326 g/mol. The third kappa shape index (κ3) is 2.72. The Labute approximate surface area is 142 Å². The summed E-state index contributed by atoms with van der Waals surface area (Å²) in [5, 5.41) is 1.99. The number of piperidine rings is 1. The van der Waals surface area contributed by atoms with Crippen LogP contribution in [0.1, 0.15) is 24.8 Å². The van der Waals surface area contributed by atoms with Crippen LogP contribution in [0.2, 0.25) is 0 Å². The van der Waals surface area contributed by atoms with Crippen molar-refractivity contribution in [1.29, 1.82) is 0 Å². The molecule has 1 aromatic carbocycles. The van der Waals surface area contributed by atoms with Crippen LogP contribution in [-0.4, -0.2) is 48.6 Å². The highest BCUT2D eigenvalue weighted by Gasteiger charge is 2.28. The Hall–Kier alpha value is -1.85. The molecular formula is C19H26N4O. The number of pyridine rings is 1. The number of likely N-dealkylation sites (tertiary alicyclic amines) is 1. The minimum Gasteiger partial charge on any atom is -0.368 e. The van der Waals surface area contributed by atoms with E-state index in [-0.39, 0.29) is 5.56 Å².